The van der Waals surface area contributed by atoms with Gasteiger partial charge in [0.25, 0.3) is 0 Å². The fourth-order valence-corrected chi connectivity index (χ4v) is 5.94. The van der Waals surface area contributed by atoms with Gasteiger partial charge in [0.1, 0.15) is 6.10 Å². The monoisotopic (exact) mass is 582 g/mol. The molecular formula is C37H75NO3. The molecule has 0 saturated heterocycles. The molecule has 0 bridgehead atoms. The van der Waals surface area contributed by atoms with E-state index in [9.17, 15) is 9.90 Å². The van der Waals surface area contributed by atoms with E-state index in [2.05, 4.69) is 32.6 Å². The summed E-state index contributed by atoms with van der Waals surface area (Å²) in [5, 5.41) is 9.42. The van der Waals surface area contributed by atoms with Crippen LogP contribution in [0.4, 0.5) is 0 Å². The second kappa shape index (κ2) is 32.3. The molecule has 0 aliphatic rings. The van der Waals surface area contributed by atoms with Gasteiger partial charge in [0.05, 0.1) is 0 Å². The second-order valence-electron chi connectivity index (χ2n) is 12.9. The number of hydrogen-bond donors (Lipinski definition) is 1. The summed E-state index contributed by atoms with van der Waals surface area (Å²) in [6.07, 6.45) is 33.0. The SMILES string of the molecule is CCCCCCCCC(CCCCCCCC)OC(=O)CCCCCCCN(CCCCCCCC)C(C)CCO. The molecule has 0 heterocycles. The Morgan fingerprint density at radius 3 is 1.39 bits per heavy atom. The molecule has 1 N–H and O–H groups in total. The highest BCUT2D eigenvalue weighted by molar-refractivity contribution is 5.69. The lowest BCUT2D eigenvalue weighted by Gasteiger charge is -2.29. The van der Waals surface area contributed by atoms with E-state index in [4.69, 9.17) is 4.74 Å². The summed E-state index contributed by atoms with van der Waals surface area (Å²) < 4.78 is 6.02. The highest BCUT2D eigenvalue weighted by atomic mass is 16.5. The van der Waals surface area contributed by atoms with E-state index in [1.165, 1.54) is 135 Å². The molecule has 246 valence electrons. The van der Waals surface area contributed by atoms with E-state index in [1.54, 1.807) is 0 Å². The molecule has 1 unspecified atom stereocenters. The van der Waals surface area contributed by atoms with Crippen LogP contribution < -0.4 is 0 Å². The molecular weight excluding hydrogens is 506 g/mol. The first kappa shape index (κ1) is 40.4. The number of aliphatic hydroxyl groups excluding tert-OH is 1. The van der Waals surface area contributed by atoms with Gasteiger partial charge in [-0.05, 0) is 71.4 Å². The maximum atomic E-state index is 12.7. The number of carbonyl (C=O) groups is 1. The van der Waals surface area contributed by atoms with Gasteiger partial charge < -0.3 is 14.7 Å². The third-order valence-electron chi connectivity index (χ3n) is 8.85. The lowest BCUT2D eigenvalue weighted by molar-refractivity contribution is -0.150. The molecule has 0 aromatic carbocycles. The Bertz CT molecular complexity index is 510. The Kier molecular flexibility index (Phi) is 31.8. The molecule has 4 nitrogen and oxygen atoms in total. The van der Waals surface area contributed by atoms with Crippen molar-refractivity contribution in [3.8, 4) is 0 Å². The molecule has 0 aliphatic carbocycles. The van der Waals surface area contributed by atoms with E-state index >= 15 is 0 Å². The zero-order chi connectivity index (χ0) is 30.2. The summed E-state index contributed by atoms with van der Waals surface area (Å²) in [5.41, 5.74) is 0. The Morgan fingerprint density at radius 1 is 0.561 bits per heavy atom. The maximum Gasteiger partial charge on any atom is 0.306 e. The van der Waals surface area contributed by atoms with Gasteiger partial charge in [0.15, 0.2) is 0 Å². The van der Waals surface area contributed by atoms with Gasteiger partial charge in [-0.2, -0.15) is 0 Å². The van der Waals surface area contributed by atoms with Gasteiger partial charge >= 0.3 is 5.97 Å². The van der Waals surface area contributed by atoms with Crippen molar-refractivity contribution in [2.45, 2.75) is 213 Å². The molecule has 0 aromatic rings. The van der Waals surface area contributed by atoms with Crippen LogP contribution >= 0.6 is 0 Å². The third kappa shape index (κ3) is 27.9. The van der Waals surface area contributed by atoms with Crippen LogP contribution in [0.3, 0.4) is 0 Å². The van der Waals surface area contributed by atoms with Crippen LogP contribution in [-0.4, -0.2) is 47.8 Å². The summed E-state index contributed by atoms with van der Waals surface area (Å²) in [6.45, 7) is 11.7. The number of carbonyl (C=O) groups excluding carboxylic acids is 1. The summed E-state index contributed by atoms with van der Waals surface area (Å²) in [7, 11) is 0. The zero-order valence-corrected chi connectivity index (χ0v) is 28.6. The Balaban J connectivity index is 4.20. The normalized spacial score (nSPS) is 12.5. The Hall–Kier alpha value is -0.610. The standard InChI is InChI=1S/C37H75NO3/c1-5-8-11-14-18-23-28-36(29-24-19-15-12-9-6-2)41-37(40)30-25-20-17-22-27-33-38(35(4)31-34-39)32-26-21-16-13-10-7-3/h35-36,39H,5-34H2,1-4H3. The number of esters is 1. The number of ether oxygens (including phenoxy) is 1. The van der Waals surface area contributed by atoms with Crippen LogP contribution in [0.5, 0.6) is 0 Å². The van der Waals surface area contributed by atoms with Gasteiger partial charge in [0, 0.05) is 19.1 Å². The molecule has 0 aromatic heterocycles. The fourth-order valence-electron chi connectivity index (χ4n) is 5.94. The molecule has 0 aliphatic heterocycles. The molecule has 0 fully saturated rings. The smallest absolute Gasteiger partial charge is 0.306 e. The Morgan fingerprint density at radius 2 is 0.951 bits per heavy atom. The number of unbranched alkanes of at least 4 members (excludes halogenated alkanes) is 19. The first-order chi connectivity index (χ1) is 20.1. The minimum Gasteiger partial charge on any atom is -0.462 e. The first-order valence-corrected chi connectivity index (χ1v) is 18.6. The minimum absolute atomic E-state index is 0.0370. The second-order valence-corrected chi connectivity index (χ2v) is 12.9. The van der Waals surface area contributed by atoms with Crippen LogP contribution in [0, 0.1) is 0 Å². The molecule has 0 radical (unpaired) electrons. The van der Waals surface area contributed by atoms with Crippen molar-refractivity contribution in [3.63, 3.8) is 0 Å². The van der Waals surface area contributed by atoms with E-state index in [0.29, 0.717) is 12.5 Å². The summed E-state index contributed by atoms with van der Waals surface area (Å²) in [5.74, 6) is 0.0370. The average Bonchev–Trinajstić information content (AvgIpc) is 2.96. The van der Waals surface area contributed by atoms with Gasteiger partial charge in [-0.25, -0.2) is 0 Å². The predicted octanol–water partition coefficient (Wildman–Crippen LogP) is 11.2. The molecule has 0 amide bonds. The third-order valence-corrected chi connectivity index (χ3v) is 8.85. The van der Waals surface area contributed by atoms with Crippen LogP contribution in [0.25, 0.3) is 0 Å². The number of aliphatic hydroxyl groups is 1. The molecule has 4 heteroatoms. The van der Waals surface area contributed by atoms with E-state index in [1.807, 2.05) is 0 Å². The largest absolute Gasteiger partial charge is 0.462 e. The molecule has 0 rings (SSSR count). The maximum absolute atomic E-state index is 12.7. The van der Waals surface area contributed by atoms with E-state index in [0.717, 1.165) is 45.2 Å². The van der Waals surface area contributed by atoms with Crippen LogP contribution in [-0.2, 0) is 9.53 Å². The van der Waals surface area contributed by atoms with Crippen LogP contribution in [0.2, 0.25) is 0 Å². The van der Waals surface area contributed by atoms with Gasteiger partial charge in [0.2, 0.25) is 0 Å². The van der Waals surface area contributed by atoms with Gasteiger partial charge in [-0.1, -0.05) is 136 Å². The van der Waals surface area contributed by atoms with Crippen molar-refractivity contribution in [1.82, 2.24) is 4.90 Å². The predicted molar refractivity (Wildman–Crippen MR) is 180 cm³/mol. The summed E-state index contributed by atoms with van der Waals surface area (Å²) in [4.78, 5) is 15.2. The van der Waals surface area contributed by atoms with Crippen molar-refractivity contribution >= 4 is 5.97 Å². The van der Waals surface area contributed by atoms with Crippen molar-refractivity contribution in [1.29, 1.82) is 0 Å². The fraction of sp³-hybridized carbons (Fsp3) is 0.973. The molecule has 0 saturated carbocycles. The quantitative estimate of drug-likeness (QED) is 0.0618. The number of rotatable bonds is 33. The van der Waals surface area contributed by atoms with Gasteiger partial charge in [-0.15, -0.1) is 0 Å². The number of hydrogen-bond acceptors (Lipinski definition) is 4. The average molecular weight is 582 g/mol. The lowest BCUT2D eigenvalue weighted by atomic mass is 10.0. The molecule has 41 heavy (non-hydrogen) atoms. The lowest BCUT2D eigenvalue weighted by Crippen LogP contribution is -2.35. The highest BCUT2D eigenvalue weighted by Crippen LogP contribution is 2.18. The van der Waals surface area contributed by atoms with Crippen molar-refractivity contribution in [2.24, 2.45) is 0 Å². The van der Waals surface area contributed by atoms with E-state index in [-0.39, 0.29) is 18.7 Å². The van der Waals surface area contributed by atoms with Gasteiger partial charge in [-0.3, -0.25) is 4.79 Å². The van der Waals surface area contributed by atoms with Crippen LogP contribution in [0.15, 0.2) is 0 Å². The topological polar surface area (TPSA) is 49.8 Å². The number of nitrogens with zero attached hydrogens (tertiary/aromatic N) is 1. The summed E-state index contributed by atoms with van der Waals surface area (Å²) >= 11 is 0. The van der Waals surface area contributed by atoms with Crippen molar-refractivity contribution in [2.75, 3.05) is 19.7 Å². The summed E-state index contributed by atoms with van der Waals surface area (Å²) in [6, 6.07) is 0.464. The van der Waals surface area contributed by atoms with E-state index < -0.39 is 0 Å². The first-order valence-electron chi connectivity index (χ1n) is 18.6. The van der Waals surface area contributed by atoms with Crippen LogP contribution in [0.1, 0.15) is 201 Å². The molecule has 0 spiro atoms. The van der Waals surface area contributed by atoms with Crippen molar-refractivity contribution in [3.05, 3.63) is 0 Å². The highest BCUT2D eigenvalue weighted by Gasteiger charge is 2.15. The molecule has 1 atom stereocenters. The Labute approximate surface area is 258 Å². The van der Waals surface area contributed by atoms with Crippen molar-refractivity contribution < 1.29 is 14.6 Å². The zero-order valence-electron chi connectivity index (χ0n) is 28.6. The minimum atomic E-state index is 0.0370.